The van der Waals surface area contributed by atoms with Gasteiger partial charge in [-0.2, -0.15) is 0 Å². The summed E-state index contributed by atoms with van der Waals surface area (Å²) in [4.78, 5) is 0. The van der Waals surface area contributed by atoms with Crippen LogP contribution in [0.1, 0.15) is 29.9 Å². The molecule has 0 bridgehead atoms. The van der Waals surface area contributed by atoms with Crippen molar-refractivity contribution in [3.05, 3.63) is 29.3 Å². The van der Waals surface area contributed by atoms with Crippen molar-refractivity contribution in [2.45, 2.75) is 25.7 Å². The largest absolute Gasteiger partial charge is 0.290 e. The van der Waals surface area contributed by atoms with Crippen LogP contribution in [0.4, 0.5) is 0 Å². The third-order valence-electron chi connectivity index (χ3n) is 2.34. The first-order valence-corrected chi connectivity index (χ1v) is 4.05. The van der Waals surface area contributed by atoms with Gasteiger partial charge >= 0.3 is 0 Å². The fourth-order valence-corrected chi connectivity index (χ4v) is 1.47. The highest BCUT2D eigenvalue weighted by Gasteiger charge is 2.25. The van der Waals surface area contributed by atoms with E-state index in [0.29, 0.717) is 5.92 Å². The van der Waals surface area contributed by atoms with Crippen molar-refractivity contribution in [1.29, 1.82) is 0 Å². The van der Waals surface area contributed by atoms with Gasteiger partial charge in [0, 0.05) is 0 Å². The first-order valence-electron chi connectivity index (χ1n) is 4.05. The van der Waals surface area contributed by atoms with Crippen molar-refractivity contribution in [2.24, 2.45) is 0 Å². The molecule has 1 aromatic rings. The Balaban J connectivity index is 2.45. The molecule has 0 aromatic heterocycles. The molecule has 0 spiro atoms. The van der Waals surface area contributed by atoms with E-state index in [1.807, 2.05) is 13.0 Å². The summed E-state index contributed by atoms with van der Waals surface area (Å²) in [5, 5.41) is 11.2. The minimum atomic E-state index is 0.189. The van der Waals surface area contributed by atoms with Crippen LogP contribution in [0.3, 0.4) is 0 Å². The molecule has 0 heterocycles. The summed E-state index contributed by atoms with van der Waals surface area (Å²) in [5.74, 6) is 0.887. The van der Waals surface area contributed by atoms with Crippen LogP contribution in [0.25, 0.3) is 0 Å². The smallest absolute Gasteiger partial charge is 0.181 e. The van der Waals surface area contributed by atoms with Gasteiger partial charge in [-0.05, 0) is 42.9 Å². The summed E-state index contributed by atoms with van der Waals surface area (Å²) in [7, 11) is 0. The number of benzene rings is 1. The van der Waals surface area contributed by atoms with Crippen LogP contribution in [0.5, 0.6) is 5.75 Å². The third kappa shape index (κ3) is 1.11. The lowest BCUT2D eigenvalue weighted by Crippen LogP contribution is -1.84. The maximum absolute atomic E-state index is 11.2. The maximum Gasteiger partial charge on any atom is 0.181 e. The van der Waals surface area contributed by atoms with Gasteiger partial charge in [-0.25, -0.2) is 0 Å². The summed E-state index contributed by atoms with van der Waals surface area (Å²) in [6.45, 7) is 1.93. The average Bonchev–Trinajstić information content (AvgIpc) is 2.77. The number of hydrogen-bond acceptors (Lipinski definition) is 0. The lowest BCUT2D eigenvalue weighted by molar-refractivity contribution is 0.351. The van der Waals surface area contributed by atoms with Gasteiger partial charge < -0.3 is 0 Å². The predicted octanol–water partition coefficient (Wildman–Crippen LogP) is 3.02. The molecule has 0 atom stereocenters. The zero-order valence-corrected chi connectivity index (χ0v) is 6.63. The first-order chi connectivity index (χ1) is 5.29. The molecule has 0 saturated heterocycles. The molecule has 1 nitrogen and oxygen atoms in total. The lowest BCUT2D eigenvalue weighted by Gasteiger charge is -2.02. The summed E-state index contributed by atoms with van der Waals surface area (Å²) in [5.41, 5.74) is 2.23. The molecule has 0 unspecified atom stereocenters. The second-order valence-corrected chi connectivity index (χ2v) is 3.24. The predicted molar refractivity (Wildman–Crippen MR) is 43.3 cm³/mol. The number of rotatable bonds is 1. The van der Waals surface area contributed by atoms with E-state index in [0.717, 1.165) is 5.56 Å². The Bertz CT molecular complexity index is 274. The van der Waals surface area contributed by atoms with Gasteiger partial charge in [-0.3, -0.25) is 5.11 Å². The van der Waals surface area contributed by atoms with Gasteiger partial charge in [-0.1, -0.05) is 12.1 Å². The van der Waals surface area contributed by atoms with Crippen molar-refractivity contribution < 1.29 is 5.11 Å². The minimum absolute atomic E-state index is 0.189. The van der Waals surface area contributed by atoms with Crippen molar-refractivity contribution in [3.8, 4) is 5.75 Å². The van der Waals surface area contributed by atoms with Crippen LogP contribution in [0.15, 0.2) is 18.2 Å². The topological polar surface area (TPSA) is 19.9 Å². The highest BCUT2D eigenvalue weighted by Crippen LogP contribution is 2.43. The summed E-state index contributed by atoms with van der Waals surface area (Å²) in [6.07, 6.45) is 2.54. The van der Waals surface area contributed by atoms with E-state index in [1.54, 1.807) is 6.07 Å². The highest BCUT2D eigenvalue weighted by molar-refractivity contribution is 5.41. The molecule has 1 fully saturated rings. The second kappa shape index (κ2) is 2.26. The molecule has 1 aliphatic rings. The SMILES string of the molecule is Cc1c([O])cccc1C1CC1. The molecule has 0 aliphatic heterocycles. The van der Waals surface area contributed by atoms with Crippen LogP contribution in [-0.4, -0.2) is 0 Å². The quantitative estimate of drug-likeness (QED) is 0.582. The average molecular weight is 147 g/mol. The minimum Gasteiger partial charge on any atom is -0.290 e. The van der Waals surface area contributed by atoms with E-state index in [4.69, 9.17) is 0 Å². The standard InChI is InChI=1S/C10H11O/c1-7-9(8-5-6-8)3-2-4-10(7)11/h2-4,8H,5-6H2,1H3. The molecule has 1 aliphatic carbocycles. The molecule has 0 amide bonds. The summed E-state index contributed by atoms with van der Waals surface area (Å²) >= 11 is 0. The van der Waals surface area contributed by atoms with E-state index in [2.05, 4.69) is 6.07 Å². The normalized spacial score (nSPS) is 16.8. The van der Waals surface area contributed by atoms with Crippen LogP contribution < -0.4 is 0 Å². The fourth-order valence-electron chi connectivity index (χ4n) is 1.47. The Morgan fingerprint density at radius 1 is 1.36 bits per heavy atom. The number of hydrogen-bond donors (Lipinski definition) is 0. The molecular weight excluding hydrogens is 136 g/mol. The van der Waals surface area contributed by atoms with Crippen molar-refractivity contribution >= 4 is 0 Å². The third-order valence-corrected chi connectivity index (χ3v) is 2.34. The zero-order chi connectivity index (χ0) is 7.84. The monoisotopic (exact) mass is 147 g/mol. The van der Waals surface area contributed by atoms with Gasteiger partial charge in [0.05, 0.1) is 0 Å². The molecule has 11 heavy (non-hydrogen) atoms. The molecule has 1 radical (unpaired) electrons. The van der Waals surface area contributed by atoms with Crippen LogP contribution >= 0.6 is 0 Å². The van der Waals surface area contributed by atoms with Gasteiger partial charge in [-0.15, -0.1) is 0 Å². The molecule has 57 valence electrons. The molecular formula is C10H11O. The molecule has 1 saturated carbocycles. The van der Waals surface area contributed by atoms with Crippen LogP contribution in [0.2, 0.25) is 0 Å². The van der Waals surface area contributed by atoms with Gasteiger partial charge in [0.25, 0.3) is 0 Å². The summed E-state index contributed by atoms with van der Waals surface area (Å²) in [6, 6.07) is 5.58. The van der Waals surface area contributed by atoms with E-state index in [-0.39, 0.29) is 5.75 Å². The van der Waals surface area contributed by atoms with Gasteiger partial charge in [0.15, 0.2) is 5.75 Å². The Labute approximate surface area is 66.7 Å². The maximum atomic E-state index is 11.2. The highest BCUT2D eigenvalue weighted by atomic mass is 16.3. The van der Waals surface area contributed by atoms with Crippen LogP contribution in [0, 0.1) is 6.92 Å². The Morgan fingerprint density at radius 3 is 2.73 bits per heavy atom. The molecule has 1 aromatic carbocycles. The van der Waals surface area contributed by atoms with Crippen molar-refractivity contribution in [3.63, 3.8) is 0 Å². The van der Waals surface area contributed by atoms with E-state index < -0.39 is 0 Å². The fraction of sp³-hybridized carbons (Fsp3) is 0.400. The van der Waals surface area contributed by atoms with E-state index in [9.17, 15) is 5.11 Å². The zero-order valence-electron chi connectivity index (χ0n) is 6.63. The van der Waals surface area contributed by atoms with Gasteiger partial charge in [0.1, 0.15) is 0 Å². The first kappa shape index (κ1) is 6.71. The summed E-state index contributed by atoms with van der Waals surface area (Å²) < 4.78 is 0. The molecule has 0 N–H and O–H groups in total. The lowest BCUT2D eigenvalue weighted by atomic mass is 10.0. The van der Waals surface area contributed by atoms with Crippen molar-refractivity contribution in [2.75, 3.05) is 0 Å². The van der Waals surface area contributed by atoms with E-state index in [1.165, 1.54) is 18.4 Å². The Kier molecular flexibility index (Phi) is 1.38. The van der Waals surface area contributed by atoms with Crippen molar-refractivity contribution in [1.82, 2.24) is 0 Å². The Hall–Kier alpha value is -0.980. The van der Waals surface area contributed by atoms with Gasteiger partial charge in [0.2, 0.25) is 0 Å². The Morgan fingerprint density at radius 2 is 2.09 bits per heavy atom. The van der Waals surface area contributed by atoms with E-state index >= 15 is 0 Å². The molecule has 1 heteroatoms. The molecule has 2 rings (SSSR count). The second-order valence-electron chi connectivity index (χ2n) is 3.24. The van der Waals surface area contributed by atoms with Crippen LogP contribution in [-0.2, 0) is 5.11 Å².